The minimum absolute atomic E-state index is 0.0133. The average molecular weight is 788 g/mol. The molecule has 0 amide bonds. The molecule has 0 saturated heterocycles. The molecular weight excluding hydrogens is 716 g/mol. The van der Waals surface area contributed by atoms with Crippen molar-refractivity contribution in [2.24, 2.45) is 0 Å². The maximum absolute atomic E-state index is 10.2. The molecule has 0 saturated carbocycles. The van der Waals surface area contributed by atoms with Crippen LogP contribution < -0.4 is 25.5 Å². The van der Waals surface area contributed by atoms with E-state index in [4.69, 9.17) is 0 Å². The molecule has 4 aromatic carbocycles. The van der Waals surface area contributed by atoms with Crippen LogP contribution >= 0.6 is 22.7 Å². The Labute approximate surface area is 363 Å². The van der Waals surface area contributed by atoms with E-state index in [1.165, 1.54) is 22.7 Å². The van der Waals surface area contributed by atoms with Crippen LogP contribution in [0.5, 0.6) is 0 Å². The SMILES string of the molecule is [2H]c1c([2H])c(C(C)(C)C)c([2H])c([2H])c1N1c2sc3c(c2B2c4sc5c([2H])c([2H])c(C(C)(C)C)c([2H])c5c4N(c4c([2H])c([2H])c(C(C)(C)C)c([2H])c4[2H])c4c([2H])c(C)c([2H])c1c42)C(C)(C)CCC3(C)C. The number of benzene rings is 4. The number of rotatable bonds is 2. The second-order valence-electron chi connectivity index (χ2n) is 20.3. The third-order valence-corrected chi connectivity index (χ3v) is 14.5. The lowest BCUT2D eigenvalue weighted by Gasteiger charge is -2.44. The summed E-state index contributed by atoms with van der Waals surface area (Å²) < 4.78 is 128. The van der Waals surface area contributed by atoms with E-state index in [0.717, 1.165) is 28.7 Å². The summed E-state index contributed by atoms with van der Waals surface area (Å²) >= 11 is 2.74. The Kier molecular flexibility index (Phi) is 5.53. The zero-order valence-electron chi connectivity index (χ0n) is 48.2. The van der Waals surface area contributed by atoms with Gasteiger partial charge in [0.1, 0.15) is 0 Å². The lowest BCUT2D eigenvalue weighted by atomic mass is 9.35. The van der Waals surface area contributed by atoms with Gasteiger partial charge in [-0.25, -0.2) is 0 Å². The Morgan fingerprint density at radius 2 is 1.11 bits per heavy atom. The highest BCUT2D eigenvalue weighted by molar-refractivity contribution is 7.34. The van der Waals surface area contributed by atoms with Crippen molar-refractivity contribution in [2.45, 2.75) is 137 Å². The van der Waals surface area contributed by atoms with Crippen LogP contribution in [0.1, 0.15) is 153 Å². The van der Waals surface area contributed by atoms with Crippen LogP contribution in [-0.2, 0) is 27.1 Å². The van der Waals surface area contributed by atoms with Crippen LogP contribution in [-0.4, -0.2) is 6.71 Å². The van der Waals surface area contributed by atoms with Crippen molar-refractivity contribution in [3.8, 4) is 0 Å². The zero-order valence-corrected chi connectivity index (χ0v) is 36.8. The second kappa shape index (κ2) is 12.1. The molecule has 0 spiro atoms. The van der Waals surface area contributed by atoms with Gasteiger partial charge in [-0.2, -0.15) is 0 Å². The molecule has 0 fully saturated rings. The van der Waals surface area contributed by atoms with Crippen molar-refractivity contribution in [3.63, 3.8) is 0 Å². The van der Waals surface area contributed by atoms with Crippen LogP contribution in [0.25, 0.3) is 10.1 Å². The van der Waals surface area contributed by atoms with E-state index in [1.54, 1.807) is 16.7 Å². The predicted octanol–water partition coefficient (Wildman–Crippen LogP) is 13.6. The molecular formula is C51H59BN2S2. The van der Waals surface area contributed by atoms with Crippen molar-refractivity contribution < 1.29 is 17.8 Å². The van der Waals surface area contributed by atoms with Gasteiger partial charge in [-0.05, 0) is 134 Å². The Morgan fingerprint density at radius 3 is 1.66 bits per heavy atom. The molecule has 5 heteroatoms. The molecule has 1 aliphatic carbocycles. The molecule has 0 unspecified atom stereocenters. The standard InChI is InChI=1S/C51H59BN2S2/c1-30-27-37-41-38(28-30)54(35-22-17-32(18-23-35)48(5,6)7)46-42(40-44(56-46)51(13,14)26-25-50(40,11)12)52(41)45-43(36-29-33(49(8,9)10)19-24-39(36)55-45)53(37)34-20-15-31(16-21-34)47(2,3)4/h15-24,27-29H,25-26H2,1-14H3/i15D,16D,17D,18D,19D,20D,21D,22D,23D,24D,27D,28D,29D. The van der Waals surface area contributed by atoms with Crippen molar-refractivity contribution in [1.82, 2.24) is 0 Å². The van der Waals surface area contributed by atoms with Gasteiger partial charge in [0.2, 0.25) is 0 Å². The van der Waals surface area contributed by atoms with Gasteiger partial charge in [0, 0.05) is 42.5 Å². The number of hydrogen-bond acceptors (Lipinski definition) is 4. The first-order chi connectivity index (χ1) is 31.5. The van der Waals surface area contributed by atoms with Crippen molar-refractivity contribution >= 4 is 88.6 Å². The van der Waals surface area contributed by atoms with E-state index in [2.05, 4.69) is 27.7 Å². The van der Waals surface area contributed by atoms with Crippen LogP contribution in [0.4, 0.5) is 33.4 Å². The molecule has 0 N–H and O–H groups in total. The Morgan fingerprint density at radius 1 is 0.607 bits per heavy atom. The van der Waals surface area contributed by atoms with Gasteiger partial charge in [0.15, 0.2) is 0 Å². The van der Waals surface area contributed by atoms with Crippen molar-refractivity contribution in [1.29, 1.82) is 0 Å². The fourth-order valence-electron chi connectivity index (χ4n) is 8.49. The summed E-state index contributed by atoms with van der Waals surface area (Å²) in [6.07, 6.45) is 1.64. The van der Waals surface area contributed by atoms with Crippen LogP contribution in [0.15, 0.2) is 78.6 Å². The first-order valence-electron chi connectivity index (χ1n) is 26.2. The average Bonchev–Trinajstić information content (AvgIpc) is 3.83. The monoisotopic (exact) mass is 788 g/mol. The maximum atomic E-state index is 10.2. The number of nitrogens with zero attached hydrogens (tertiary/aromatic N) is 2. The highest BCUT2D eigenvalue weighted by atomic mass is 32.1. The first kappa shape index (κ1) is 25.5. The molecule has 0 bridgehead atoms. The number of hydrogen-bond donors (Lipinski definition) is 0. The highest BCUT2D eigenvalue weighted by Crippen LogP contribution is 2.56. The van der Waals surface area contributed by atoms with Crippen molar-refractivity contribution in [2.75, 3.05) is 9.80 Å². The molecule has 0 atom stereocenters. The van der Waals surface area contributed by atoms with Crippen LogP contribution in [0.2, 0.25) is 0 Å². The van der Waals surface area contributed by atoms with Gasteiger partial charge < -0.3 is 9.80 Å². The minimum Gasteiger partial charge on any atom is -0.310 e. The zero-order chi connectivity index (χ0) is 51.4. The molecule has 2 aliphatic heterocycles. The Bertz CT molecular complexity index is 3250. The summed E-state index contributed by atoms with van der Waals surface area (Å²) in [5, 5.41) is 0.896. The molecule has 6 aromatic rings. The molecule has 56 heavy (non-hydrogen) atoms. The lowest BCUT2D eigenvalue weighted by molar-refractivity contribution is 0.340. The fraction of sp³-hybridized carbons (Fsp3) is 0.412. The molecule has 4 heterocycles. The lowest BCUT2D eigenvalue weighted by Crippen LogP contribution is -2.61. The fourth-order valence-corrected chi connectivity index (χ4v) is 11.4. The Balaban J connectivity index is 1.59. The van der Waals surface area contributed by atoms with Gasteiger partial charge in [-0.1, -0.05) is 120 Å². The van der Waals surface area contributed by atoms with Crippen LogP contribution in [0.3, 0.4) is 0 Å². The second-order valence-corrected chi connectivity index (χ2v) is 22.4. The highest BCUT2D eigenvalue weighted by Gasteiger charge is 2.52. The van der Waals surface area contributed by atoms with E-state index in [0.29, 0.717) is 36.6 Å². The smallest absolute Gasteiger partial charge is 0.266 e. The molecule has 0 radical (unpaired) electrons. The normalized spacial score (nSPS) is 20.4. The molecule has 2 aromatic heterocycles. The van der Waals surface area contributed by atoms with E-state index in [9.17, 15) is 17.8 Å². The molecule has 3 aliphatic rings. The topological polar surface area (TPSA) is 6.48 Å². The summed E-state index contributed by atoms with van der Waals surface area (Å²) in [6.45, 7) is 26.3. The maximum Gasteiger partial charge on any atom is 0.266 e. The molecule has 2 nitrogen and oxygen atoms in total. The van der Waals surface area contributed by atoms with Gasteiger partial charge >= 0.3 is 0 Å². The van der Waals surface area contributed by atoms with Crippen LogP contribution in [0, 0.1) is 6.92 Å². The summed E-state index contributed by atoms with van der Waals surface area (Å²) in [5.41, 5.74) is 0.443. The van der Waals surface area contributed by atoms with Gasteiger partial charge in [0.05, 0.1) is 28.5 Å². The van der Waals surface area contributed by atoms with E-state index in [1.807, 2.05) is 62.3 Å². The largest absolute Gasteiger partial charge is 0.310 e. The number of fused-ring (bicyclic) bond motifs is 8. The van der Waals surface area contributed by atoms with Gasteiger partial charge in [-0.3, -0.25) is 0 Å². The van der Waals surface area contributed by atoms with E-state index < -0.39 is 28.4 Å². The predicted molar refractivity (Wildman–Crippen MR) is 250 cm³/mol. The molecule has 288 valence electrons. The Hall–Kier alpha value is -3.80. The quantitative estimate of drug-likeness (QED) is 0.161. The third kappa shape index (κ3) is 5.69. The first-order valence-corrected chi connectivity index (χ1v) is 21.4. The van der Waals surface area contributed by atoms with Gasteiger partial charge in [-0.15, -0.1) is 22.7 Å². The number of thiophene rings is 2. The summed E-state index contributed by atoms with van der Waals surface area (Å²) in [5.74, 6) is 0. The van der Waals surface area contributed by atoms with E-state index >= 15 is 0 Å². The minimum atomic E-state index is -0.815. The van der Waals surface area contributed by atoms with Gasteiger partial charge in [0.25, 0.3) is 6.71 Å². The van der Waals surface area contributed by atoms with Crippen molar-refractivity contribution in [3.05, 3.63) is 111 Å². The molecule has 9 rings (SSSR count). The summed E-state index contributed by atoms with van der Waals surface area (Å²) in [7, 11) is 0. The number of anilines is 6. The summed E-state index contributed by atoms with van der Waals surface area (Å²) in [4.78, 5) is 4.34. The summed E-state index contributed by atoms with van der Waals surface area (Å²) in [6, 6.07) is -2.73. The third-order valence-electron chi connectivity index (χ3n) is 11.8. The van der Waals surface area contributed by atoms with E-state index in [-0.39, 0.29) is 123 Å².